The van der Waals surface area contributed by atoms with E-state index in [-0.39, 0.29) is 0 Å². The van der Waals surface area contributed by atoms with Crippen LogP contribution in [0.3, 0.4) is 0 Å². The van der Waals surface area contributed by atoms with Crippen molar-refractivity contribution in [1.29, 1.82) is 0 Å². The second-order valence-electron chi connectivity index (χ2n) is 4.29. The van der Waals surface area contributed by atoms with Crippen LogP contribution < -0.4 is 0 Å². The molecule has 5 heteroatoms. The summed E-state index contributed by atoms with van der Waals surface area (Å²) in [6.07, 6.45) is 0.624. The second-order valence-corrected chi connectivity index (χ2v) is 7.03. The molecule has 0 bridgehead atoms. The molecule has 0 fully saturated rings. The van der Waals surface area contributed by atoms with Gasteiger partial charge >= 0.3 is 8.80 Å². The number of hydrogen-bond donors (Lipinski definition) is 1. The molecule has 0 aliphatic heterocycles. The van der Waals surface area contributed by atoms with E-state index in [0.717, 1.165) is 0 Å². The molecule has 0 spiro atoms. The Balaban J connectivity index is 4.46. The Morgan fingerprint density at radius 3 is 1.56 bits per heavy atom. The lowest BCUT2D eigenvalue weighted by molar-refractivity contribution is 0.0458. The summed E-state index contributed by atoms with van der Waals surface area (Å²) in [4.78, 5) is 0. The van der Waals surface area contributed by atoms with Gasteiger partial charge in [0.1, 0.15) is 0 Å². The maximum atomic E-state index is 9.74. The van der Waals surface area contributed by atoms with Crippen LogP contribution in [-0.2, 0) is 13.3 Å². The maximum Gasteiger partial charge on any atom is 0.501 e. The molecule has 4 nitrogen and oxygen atoms in total. The van der Waals surface area contributed by atoms with E-state index in [4.69, 9.17) is 13.3 Å². The molecule has 0 saturated heterocycles. The minimum absolute atomic E-state index is 0.581. The Hall–Kier alpha value is 0.0569. The summed E-state index contributed by atoms with van der Waals surface area (Å²) in [6.45, 7) is 11.1. The van der Waals surface area contributed by atoms with E-state index in [9.17, 15) is 5.11 Å². The van der Waals surface area contributed by atoms with Crippen molar-refractivity contribution in [1.82, 2.24) is 0 Å². The van der Waals surface area contributed by atoms with Gasteiger partial charge in [-0.3, -0.25) is 0 Å². The van der Waals surface area contributed by atoms with Gasteiger partial charge in [0, 0.05) is 25.9 Å². The van der Waals surface area contributed by atoms with Gasteiger partial charge in [-0.15, -0.1) is 0 Å². The van der Waals surface area contributed by atoms with Gasteiger partial charge in [-0.25, -0.2) is 0 Å². The summed E-state index contributed by atoms with van der Waals surface area (Å²) in [6, 6.07) is 0.659. The van der Waals surface area contributed by atoms with Crippen molar-refractivity contribution < 1.29 is 18.4 Å². The van der Waals surface area contributed by atoms with Crippen LogP contribution in [0.4, 0.5) is 0 Å². The molecule has 0 saturated carbocycles. The van der Waals surface area contributed by atoms with Gasteiger partial charge in [-0.05, 0) is 41.0 Å². The summed E-state index contributed by atoms with van der Waals surface area (Å²) in [5.41, 5.74) is -0.705. The Labute approximate surface area is 100 Å². The highest BCUT2D eigenvalue weighted by molar-refractivity contribution is 6.60. The standard InChI is InChI=1S/C11H26O4Si/c1-6-13-16(14-7-2,15-8-3)10-9-11(4,5)12/h12H,6-10H2,1-5H3. The lowest BCUT2D eigenvalue weighted by Crippen LogP contribution is -2.47. The number of aliphatic hydroxyl groups is 1. The van der Waals surface area contributed by atoms with Crippen molar-refractivity contribution in [2.45, 2.75) is 52.7 Å². The molecule has 0 aromatic heterocycles. The second kappa shape index (κ2) is 7.40. The van der Waals surface area contributed by atoms with Crippen LogP contribution in [0, 0.1) is 0 Å². The average Bonchev–Trinajstić information content (AvgIpc) is 2.15. The van der Waals surface area contributed by atoms with Crippen LogP contribution in [0.1, 0.15) is 41.0 Å². The first-order valence-corrected chi connectivity index (χ1v) is 7.96. The largest absolute Gasteiger partial charge is 0.501 e. The van der Waals surface area contributed by atoms with E-state index in [0.29, 0.717) is 32.3 Å². The molecule has 1 N–H and O–H groups in total. The monoisotopic (exact) mass is 250 g/mol. The molecule has 0 amide bonds. The fraction of sp³-hybridized carbons (Fsp3) is 1.00. The molecule has 0 atom stereocenters. The molecule has 0 aliphatic rings. The first-order valence-electron chi connectivity index (χ1n) is 6.03. The van der Waals surface area contributed by atoms with Gasteiger partial charge in [0.25, 0.3) is 0 Å². The molecular formula is C11H26O4Si. The summed E-state index contributed by atoms with van der Waals surface area (Å²) in [5, 5.41) is 9.74. The lowest BCUT2D eigenvalue weighted by Gasteiger charge is -2.30. The van der Waals surface area contributed by atoms with Crippen molar-refractivity contribution in [3.63, 3.8) is 0 Å². The van der Waals surface area contributed by atoms with Gasteiger partial charge in [-0.1, -0.05) is 0 Å². The summed E-state index contributed by atoms with van der Waals surface area (Å²) in [5.74, 6) is 0. The van der Waals surface area contributed by atoms with Crippen molar-refractivity contribution >= 4 is 8.80 Å². The fourth-order valence-corrected chi connectivity index (χ4v) is 4.38. The summed E-state index contributed by atoms with van der Waals surface area (Å²) >= 11 is 0. The van der Waals surface area contributed by atoms with Crippen LogP contribution in [0.25, 0.3) is 0 Å². The van der Waals surface area contributed by atoms with Gasteiger partial charge in [0.15, 0.2) is 0 Å². The highest BCUT2D eigenvalue weighted by Crippen LogP contribution is 2.22. The SMILES string of the molecule is CCO[Si](CCC(C)(C)O)(OCC)OCC. The Bertz CT molecular complexity index is 162. The summed E-state index contributed by atoms with van der Waals surface area (Å²) in [7, 11) is -2.57. The van der Waals surface area contributed by atoms with Crippen molar-refractivity contribution in [2.24, 2.45) is 0 Å². The molecule has 0 heterocycles. The highest BCUT2D eigenvalue weighted by atomic mass is 28.4. The fourth-order valence-electron chi connectivity index (χ4n) is 1.46. The zero-order valence-electron chi connectivity index (χ0n) is 11.2. The quantitative estimate of drug-likeness (QED) is 0.637. The van der Waals surface area contributed by atoms with Gasteiger partial charge in [0.2, 0.25) is 0 Å². The maximum absolute atomic E-state index is 9.74. The third-order valence-electron chi connectivity index (χ3n) is 2.14. The van der Waals surface area contributed by atoms with Gasteiger partial charge in [-0.2, -0.15) is 0 Å². The molecule has 0 aromatic rings. The van der Waals surface area contributed by atoms with E-state index in [1.165, 1.54) is 0 Å². The smallest absolute Gasteiger partial charge is 0.390 e. The summed E-state index contributed by atoms with van der Waals surface area (Å²) < 4.78 is 17.1. The molecule has 98 valence electrons. The van der Waals surface area contributed by atoms with Gasteiger partial charge < -0.3 is 18.4 Å². The minimum Gasteiger partial charge on any atom is -0.390 e. The van der Waals surface area contributed by atoms with Crippen LogP contribution in [0.2, 0.25) is 6.04 Å². The van der Waals surface area contributed by atoms with Crippen molar-refractivity contribution in [2.75, 3.05) is 19.8 Å². The Morgan fingerprint density at radius 1 is 0.938 bits per heavy atom. The first-order chi connectivity index (χ1) is 7.39. The predicted octanol–water partition coefficient (Wildman–Crippen LogP) is 2.20. The molecule has 0 rings (SSSR count). The zero-order chi connectivity index (χ0) is 12.7. The first kappa shape index (κ1) is 16.1. The molecule has 0 radical (unpaired) electrons. The van der Waals surface area contributed by atoms with Crippen LogP contribution in [0.15, 0.2) is 0 Å². The number of hydrogen-bond acceptors (Lipinski definition) is 4. The van der Waals surface area contributed by atoms with E-state index in [2.05, 4.69) is 0 Å². The highest BCUT2D eigenvalue weighted by Gasteiger charge is 2.41. The van der Waals surface area contributed by atoms with E-state index < -0.39 is 14.4 Å². The van der Waals surface area contributed by atoms with Crippen LogP contribution >= 0.6 is 0 Å². The van der Waals surface area contributed by atoms with E-state index in [1.54, 1.807) is 13.8 Å². The van der Waals surface area contributed by atoms with Crippen molar-refractivity contribution in [3.05, 3.63) is 0 Å². The average molecular weight is 250 g/mol. The third-order valence-corrected chi connectivity index (χ3v) is 5.18. The van der Waals surface area contributed by atoms with E-state index in [1.807, 2.05) is 20.8 Å². The third kappa shape index (κ3) is 6.60. The minimum atomic E-state index is -2.57. The molecular weight excluding hydrogens is 224 g/mol. The van der Waals surface area contributed by atoms with E-state index >= 15 is 0 Å². The lowest BCUT2D eigenvalue weighted by atomic mass is 10.1. The van der Waals surface area contributed by atoms with Crippen molar-refractivity contribution in [3.8, 4) is 0 Å². The Morgan fingerprint density at radius 2 is 1.31 bits per heavy atom. The van der Waals surface area contributed by atoms with Crippen LogP contribution in [-0.4, -0.2) is 39.3 Å². The topological polar surface area (TPSA) is 47.9 Å². The molecule has 16 heavy (non-hydrogen) atoms. The van der Waals surface area contributed by atoms with Gasteiger partial charge in [0.05, 0.1) is 5.60 Å². The Kier molecular flexibility index (Phi) is 7.42. The van der Waals surface area contributed by atoms with Crippen LogP contribution in [0.5, 0.6) is 0 Å². The zero-order valence-corrected chi connectivity index (χ0v) is 12.2. The molecule has 0 unspecified atom stereocenters. The molecule has 0 aromatic carbocycles. The molecule has 0 aliphatic carbocycles. The predicted molar refractivity (Wildman–Crippen MR) is 66.4 cm³/mol. The number of rotatable bonds is 9. The normalized spacial score (nSPS) is 13.1.